The van der Waals surface area contributed by atoms with E-state index >= 15 is 0 Å². The Kier molecular flexibility index (Phi) is 3.28. The Morgan fingerprint density at radius 1 is 1.35 bits per heavy atom. The average molecular weight is 275 g/mol. The molecule has 20 heavy (non-hydrogen) atoms. The van der Waals surface area contributed by atoms with Crippen molar-refractivity contribution < 1.29 is 19.0 Å². The maximum atomic E-state index is 13.2. The Labute approximate surface area is 115 Å². The molecule has 1 N–H and O–H groups in total. The molecule has 0 saturated carbocycles. The van der Waals surface area contributed by atoms with Crippen LogP contribution in [0.25, 0.3) is 0 Å². The maximum absolute atomic E-state index is 13.2. The standard InChI is InChI=1S/C15H14FNO3/c1-19-15-5-2-9(8-17-15)14-7-12(18)11-6-10(16)3-4-13(11)20-14/h2-6,8,12,14,18H,7H2,1H3/t12-,14?/m0/s1. The largest absolute Gasteiger partial charge is 0.485 e. The Morgan fingerprint density at radius 2 is 2.20 bits per heavy atom. The number of fused-ring (bicyclic) bond motifs is 1. The van der Waals surface area contributed by atoms with E-state index in [9.17, 15) is 9.50 Å². The van der Waals surface area contributed by atoms with Crippen LogP contribution in [0.1, 0.15) is 29.8 Å². The van der Waals surface area contributed by atoms with E-state index in [0.717, 1.165) is 5.56 Å². The van der Waals surface area contributed by atoms with Gasteiger partial charge in [0.2, 0.25) is 5.88 Å². The third-order valence-corrected chi connectivity index (χ3v) is 3.38. The van der Waals surface area contributed by atoms with Crippen LogP contribution < -0.4 is 9.47 Å². The molecule has 4 nitrogen and oxygen atoms in total. The Morgan fingerprint density at radius 3 is 2.90 bits per heavy atom. The van der Waals surface area contributed by atoms with E-state index < -0.39 is 6.10 Å². The fraction of sp³-hybridized carbons (Fsp3) is 0.267. The minimum atomic E-state index is -0.749. The van der Waals surface area contributed by atoms with Crippen LogP contribution in [0, 0.1) is 5.82 Å². The van der Waals surface area contributed by atoms with Crippen molar-refractivity contribution in [1.82, 2.24) is 4.98 Å². The van der Waals surface area contributed by atoms with Crippen molar-refractivity contribution in [3.8, 4) is 11.6 Å². The van der Waals surface area contributed by atoms with Crippen molar-refractivity contribution in [2.75, 3.05) is 7.11 Å². The molecule has 2 atom stereocenters. The third kappa shape index (κ3) is 2.32. The first-order chi connectivity index (χ1) is 9.67. The number of rotatable bonds is 2. The predicted octanol–water partition coefficient (Wildman–Crippen LogP) is 2.79. The number of aliphatic hydroxyl groups excluding tert-OH is 1. The summed E-state index contributed by atoms with van der Waals surface area (Å²) in [4.78, 5) is 4.12. The van der Waals surface area contributed by atoms with E-state index in [2.05, 4.69) is 4.98 Å². The fourth-order valence-corrected chi connectivity index (χ4v) is 2.33. The van der Waals surface area contributed by atoms with Gasteiger partial charge in [-0.25, -0.2) is 9.37 Å². The number of aromatic nitrogens is 1. The summed E-state index contributed by atoms with van der Waals surface area (Å²) >= 11 is 0. The molecule has 0 radical (unpaired) electrons. The third-order valence-electron chi connectivity index (χ3n) is 3.38. The van der Waals surface area contributed by atoms with Gasteiger partial charge in [-0.15, -0.1) is 0 Å². The van der Waals surface area contributed by atoms with Gasteiger partial charge in [0.05, 0.1) is 13.2 Å². The summed E-state index contributed by atoms with van der Waals surface area (Å²) in [5.74, 6) is 0.648. The number of ether oxygens (including phenoxy) is 2. The van der Waals surface area contributed by atoms with Crippen molar-refractivity contribution in [3.63, 3.8) is 0 Å². The van der Waals surface area contributed by atoms with Gasteiger partial charge >= 0.3 is 0 Å². The fourth-order valence-electron chi connectivity index (χ4n) is 2.33. The molecule has 1 aromatic heterocycles. The number of halogens is 1. The van der Waals surface area contributed by atoms with Gasteiger partial charge in [-0.1, -0.05) is 0 Å². The van der Waals surface area contributed by atoms with Gasteiger partial charge < -0.3 is 14.6 Å². The summed E-state index contributed by atoms with van der Waals surface area (Å²) in [6.07, 6.45) is 0.970. The lowest BCUT2D eigenvalue weighted by molar-refractivity contribution is 0.0651. The zero-order valence-corrected chi connectivity index (χ0v) is 10.9. The Hall–Kier alpha value is -2.14. The van der Waals surface area contributed by atoms with E-state index in [-0.39, 0.29) is 11.9 Å². The summed E-state index contributed by atoms with van der Waals surface area (Å²) in [6, 6.07) is 7.75. The molecular weight excluding hydrogens is 261 g/mol. The topological polar surface area (TPSA) is 51.6 Å². The number of methoxy groups -OCH3 is 1. The van der Waals surface area contributed by atoms with E-state index in [0.29, 0.717) is 23.6 Å². The Bertz CT molecular complexity index is 615. The number of aliphatic hydroxyl groups is 1. The highest BCUT2D eigenvalue weighted by molar-refractivity contribution is 5.38. The molecule has 0 bridgehead atoms. The SMILES string of the molecule is COc1ccc(C2C[C@H](O)c3cc(F)ccc3O2)cn1. The summed E-state index contributed by atoms with van der Waals surface area (Å²) in [5, 5.41) is 10.1. The molecule has 0 amide bonds. The molecule has 0 fully saturated rings. The van der Waals surface area contributed by atoms with Crippen molar-refractivity contribution in [3.05, 3.63) is 53.5 Å². The lowest BCUT2D eigenvalue weighted by atomic mass is 9.96. The van der Waals surface area contributed by atoms with Crippen LogP contribution in [0.4, 0.5) is 4.39 Å². The highest BCUT2D eigenvalue weighted by Crippen LogP contribution is 2.40. The summed E-state index contributed by atoms with van der Waals surface area (Å²) in [7, 11) is 1.55. The van der Waals surface area contributed by atoms with Crippen molar-refractivity contribution in [2.45, 2.75) is 18.6 Å². The van der Waals surface area contributed by atoms with Gasteiger partial charge in [-0.2, -0.15) is 0 Å². The normalized spacial score (nSPS) is 20.9. The van der Waals surface area contributed by atoms with Crippen LogP contribution in [0.3, 0.4) is 0 Å². The molecule has 0 saturated heterocycles. The van der Waals surface area contributed by atoms with Crippen LogP contribution in [-0.4, -0.2) is 17.2 Å². The van der Waals surface area contributed by atoms with E-state index in [1.54, 1.807) is 19.4 Å². The minimum Gasteiger partial charge on any atom is -0.485 e. The first-order valence-corrected chi connectivity index (χ1v) is 6.31. The van der Waals surface area contributed by atoms with Crippen molar-refractivity contribution in [2.24, 2.45) is 0 Å². The summed E-state index contributed by atoms with van der Waals surface area (Å²) in [6.45, 7) is 0. The highest BCUT2D eigenvalue weighted by Gasteiger charge is 2.28. The first-order valence-electron chi connectivity index (χ1n) is 6.31. The van der Waals surface area contributed by atoms with Gasteiger partial charge in [0, 0.05) is 29.8 Å². The van der Waals surface area contributed by atoms with Gasteiger partial charge in [0.1, 0.15) is 17.7 Å². The van der Waals surface area contributed by atoms with Gasteiger partial charge in [0.15, 0.2) is 0 Å². The van der Waals surface area contributed by atoms with Gasteiger partial charge in [-0.05, 0) is 24.3 Å². The number of hydrogen-bond donors (Lipinski definition) is 1. The summed E-state index contributed by atoms with van der Waals surface area (Å²) in [5.41, 5.74) is 1.34. The zero-order valence-electron chi connectivity index (χ0n) is 10.9. The van der Waals surface area contributed by atoms with Crippen molar-refractivity contribution >= 4 is 0 Å². The first kappa shape index (κ1) is 12.9. The molecule has 3 rings (SSSR count). The smallest absolute Gasteiger partial charge is 0.212 e. The second-order valence-electron chi connectivity index (χ2n) is 4.67. The molecule has 2 heterocycles. The molecule has 0 spiro atoms. The highest BCUT2D eigenvalue weighted by atomic mass is 19.1. The minimum absolute atomic E-state index is 0.304. The van der Waals surface area contributed by atoms with Crippen LogP contribution in [0.15, 0.2) is 36.5 Å². The number of pyridine rings is 1. The molecule has 1 aliphatic rings. The number of benzene rings is 1. The predicted molar refractivity (Wildman–Crippen MR) is 70.1 cm³/mol. The lowest BCUT2D eigenvalue weighted by Crippen LogP contribution is -2.19. The average Bonchev–Trinajstić information content (AvgIpc) is 2.48. The molecule has 0 aliphatic carbocycles. The molecular formula is C15H14FNO3. The second-order valence-corrected chi connectivity index (χ2v) is 4.67. The van der Waals surface area contributed by atoms with Gasteiger partial charge in [-0.3, -0.25) is 0 Å². The monoisotopic (exact) mass is 275 g/mol. The molecule has 1 unspecified atom stereocenters. The lowest BCUT2D eigenvalue weighted by Gasteiger charge is -2.29. The maximum Gasteiger partial charge on any atom is 0.212 e. The number of nitrogens with zero attached hydrogens (tertiary/aromatic N) is 1. The molecule has 5 heteroatoms. The van der Waals surface area contributed by atoms with Crippen LogP contribution in [0.2, 0.25) is 0 Å². The van der Waals surface area contributed by atoms with Crippen LogP contribution >= 0.6 is 0 Å². The van der Waals surface area contributed by atoms with Crippen molar-refractivity contribution in [1.29, 1.82) is 0 Å². The molecule has 2 aromatic rings. The van der Waals surface area contributed by atoms with E-state index in [4.69, 9.17) is 9.47 Å². The Balaban J connectivity index is 1.88. The quantitative estimate of drug-likeness (QED) is 0.915. The second kappa shape index (κ2) is 5.09. The van der Waals surface area contributed by atoms with Gasteiger partial charge in [0.25, 0.3) is 0 Å². The van der Waals surface area contributed by atoms with E-state index in [1.807, 2.05) is 6.07 Å². The molecule has 104 valence electrons. The van der Waals surface area contributed by atoms with Crippen LogP contribution in [-0.2, 0) is 0 Å². The zero-order chi connectivity index (χ0) is 14.1. The molecule has 1 aromatic carbocycles. The summed E-state index contributed by atoms with van der Waals surface area (Å²) < 4.78 is 24.0. The van der Waals surface area contributed by atoms with Crippen LogP contribution in [0.5, 0.6) is 11.6 Å². The number of hydrogen-bond acceptors (Lipinski definition) is 4. The van der Waals surface area contributed by atoms with E-state index in [1.165, 1.54) is 18.2 Å². The molecule has 1 aliphatic heterocycles.